The number of rotatable bonds is 3. The van der Waals surface area contributed by atoms with E-state index in [1.165, 1.54) is 0 Å². The van der Waals surface area contributed by atoms with Gasteiger partial charge in [-0.05, 0) is 42.5 Å². The van der Waals surface area contributed by atoms with Gasteiger partial charge in [-0.3, -0.25) is 0 Å². The lowest BCUT2D eigenvalue weighted by Crippen LogP contribution is -1.99. The molecule has 106 valence electrons. The molecule has 1 aliphatic heterocycles. The van der Waals surface area contributed by atoms with E-state index in [4.69, 9.17) is 9.47 Å². The second kappa shape index (κ2) is 6.10. The van der Waals surface area contributed by atoms with Crippen LogP contribution in [0.25, 0.3) is 6.08 Å². The lowest BCUT2D eigenvalue weighted by atomic mass is 10.1. The monoisotopic (exact) mass is 344 g/mol. The van der Waals surface area contributed by atoms with Crippen LogP contribution in [-0.4, -0.2) is 13.7 Å². The zero-order valence-corrected chi connectivity index (χ0v) is 13.0. The average Bonchev–Trinajstić information content (AvgIpc) is 2.53. The van der Waals surface area contributed by atoms with Crippen molar-refractivity contribution in [3.63, 3.8) is 0 Å². The molecule has 0 unspecified atom stereocenters. The van der Waals surface area contributed by atoms with Crippen molar-refractivity contribution in [3.05, 3.63) is 52.5 Å². The molecule has 1 heterocycles. The Kier molecular flexibility index (Phi) is 4.01. The summed E-state index contributed by atoms with van der Waals surface area (Å²) in [5, 5.41) is 8.51. The summed E-state index contributed by atoms with van der Waals surface area (Å²) >= 11 is 3.40. The SMILES string of the molecule is COc1cc(Br)ccc1N=Nc1ccc2c(c1)C=CCO2. The summed E-state index contributed by atoms with van der Waals surface area (Å²) in [5.74, 6) is 1.55. The van der Waals surface area contributed by atoms with Crippen LogP contribution in [0, 0.1) is 0 Å². The minimum atomic E-state index is 0.615. The van der Waals surface area contributed by atoms with Crippen LogP contribution in [0.1, 0.15) is 5.56 Å². The van der Waals surface area contributed by atoms with Crippen LogP contribution in [0.4, 0.5) is 11.4 Å². The normalized spacial score (nSPS) is 13.0. The van der Waals surface area contributed by atoms with Crippen LogP contribution >= 0.6 is 15.9 Å². The Morgan fingerprint density at radius 1 is 1.14 bits per heavy atom. The van der Waals surface area contributed by atoms with Crippen molar-refractivity contribution in [2.24, 2.45) is 10.2 Å². The van der Waals surface area contributed by atoms with Gasteiger partial charge in [0.15, 0.2) is 0 Å². The molecule has 0 atom stereocenters. The molecule has 0 aromatic heterocycles. The molecule has 4 nitrogen and oxygen atoms in total. The number of hydrogen-bond donors (Lipinski definition) is 0. The Morgan fingerprint density at radius 2 is 2.05 bits per heavy atom. The average molecular weight is 345 g/mol. The molecule has 0 amide bonds. The Labute approximate surface area is 131 Å². The first-order valence-corrected chi connectivity index (χ1v) is 7.24. The predicted octanol–water partition coefficient (Wildman–Crippen LogP) is 5.28. The van der Waals surface area contributed by atoms with E-state index in [9.17, 15) is 0 Å². The molecule has 3 rings (SSSR count). The summed E-state index contributed by atoms with van der Waals surface area (Å²) < 4.78 is 11.7. The summed E-state index contributed by atoms with van der Waals surface area (Å²) in [7, 11) is 1.61. The van der Waals surface area contributed by atoms with Crippen molar-refractivity contribution < 1.29 is 9.47 Å². The second-order valence-electron chi connectivity index (χ2n) is 4.45. The smallest absolute Gasteiger partial charge is 0.147 e. The first-order valence-electron chi connectivity index (χ1n) is 6.45. The van der Waals surface area contributed by atoms with Crippen molar-refractivity contribution in [1.29, 1.82) is 0 Å². The standard InChI is InChI=1S/C16H13BrN2O2/c1-20-16-10-12(17)4-6-14(16)19-18-13-5-7-15-11(9-13)3-2-8-21-15/h2-7,9-10H,8H2,1H3. The van der Waals surface area contributed by atoms with Crippen molar-refractivity contribution >= 4 is 33.4 Å². The molecular weight excluding hydrogens is 332 g/mol. The number of nitrogens with zero attached hydrogens (tertiary/aromatic N) is 2. The molecule has 21 heavy (non-hydrogen) atoms. The molecule has 1 aliphatic rings. The van der Waals surface area contributed by atoms with E-state index in [1.54, 1.807) is 7.11 Å². The van der Waals surface area contributed by atoms with E-state index in [0.717, 1.165) is 21.5 Å². The van der Waals surface area contributed by atoms with Crippen LogP contribution < -0.4 is 9.47 Å². The minimum absolute atomic E-state index is 0.615. The van der Waals surface area contributed by atoms with Gasteiger partial charge in [0.2, 0.25) is 0 Å². The van der Waals surface area contributed by atoms with Gasteiger partial charge >= 0.3 is 0 Å². The van der Waals surface area contributed by atoms with Gasteiger partial charge in [0.25, 0.3) is 0 Å². The Balaban J connectivity index is 1.88. The molecule has 0 saturated heterocycles. The van der Waals surface area contributed by atoms with Crippen molar-refractivity contribution in [1.82, 2.24) is 0 Å². The Hall–Kier alpha value is -2.14. The second-order valence-corrected chi connectivity index (χ2v) is 5.37. The maximum atomic E-state index is 5.51. The van der Waals surface area contributed by atoms with E-state index in [0.29, 0.717) is 18.0 Å². The lowest BCUT2D eigenvalue weighted by molar-refractivity contribution is 0.358. The topological polar surface area (TPSA) is 43.2 Å². The zero-order chi connectivity index (χ0) is 14.7. The molecular formula is C16H13BrN2O2. The molecule has 0 saturated carbocycles. The zero-order valence-electron chi connectivity index (χ0n) is 11.4. The van der Waals surface area contributed by atoms with E-state index in [-0.39, 0.29) is 0 Å². The van der Waals surface area contributed by atoms with Gasteiger partial charge in [0, 0.05) is 10.0 Å². The number of azo groups is 1. The molecule has 0 radical (unpaired) electrons. The van der Waals surface area contributed by atoms with E-state index in [1.807, 2.05) is 48.6 Å². The van der Waals surface area contributed by atoms with Crippen LogP contribution in [-0.2, 0) is 0 Å². The maximum absolute atomic E-state index is 5.51. The largest absolute Gasteiger partial charge is 0.494 e. The molecule has 0 spiro atoms. The number of halogens is 1. The van der Waals surface area contributed by atoms with E-state index >= 15 is 0 Å². The third kappa shape index (κ3) is 3.13. The van der Waals surface area contributed by atoms with Gasteiger partial charge in [-0.1, -0.05) is 22.0 Å². The van der Waals surface area contributed by atoms with Gasteiger partial charge in [0.05, 0.1) is 12.8 Å². The van der Waals surface area contributed by atoms with Crippen molar-refractivity contribution in [3.8, 4) is 11.5 Å². The van der Waals surface area contributed by atoms with Crippen LogP contribution in [0.15, 0.2) is 57.2 Å². The fourth-order valence-corrected chi connectivity index (χ4v) is 2.36. The number of hydrogen-bond acceptors (Lipinski definition) is 4. The molecule has 0 N–H and O–H groups in total. The Morgan fingerprint density at radius 3 is 2.90 bits per heavy atom. The maximum Gasteiger partial charge on any atom is 0.147 e. The number of benzene rings is 2. The molecule has 0 bridgehead atoms. The summed E-state index contributed by atoms with van der Waals surface area (Å²) in [4.78, 5) is 0. The molecule has 0 fully saturated rings. The molecule has 2 aromatic rings. The quantitative estimate of drug-likeness (QED) is 0.711. The first-order chi connectivity index (χ1) is 10.3. The molecule has 2 aromatic carbocycles. The van der Waals surface area contributed by atoms with Crippen LogP contribution in [0.3, 0.4) is 0 Å². The van der Waals surface area contributed by atoms with E-state index < -0.39 is 0 Å². The molecule has 5 heteroatoms. The highest BCUT2D eigenvalue weighted by Gasteiger charge is 2.06. The number of methoxy groups -OCH3 is 1. The van der Waals surface area contributed by atoms with Crippen LogP contribution in [0.5, 0.6) is 11.5 Å². The van der Waals surface area contributed by atoms with Crippen molar-refractivity contribution in [2.75, 3.05) is 13.7 Å². The number of fused-ring (bicyclic) bond motifs is 1. The molecule has 0 aliphatic carbocycles. The lowest BCUT2D eigenvalue weighted by Gasteiger charge is -2.11. The van der Waals surface area contributed by atoms with Gasteiger partial charge in [0.1, 0.15) is 23.8 Å². The van der Waals surface area contributed by atoms with E-state index in [2.05, 4.69) is 26.2 Å². The van der Waals surface area contributed by atoms with Gasteiger partial charge in [-0.25, -0.2) is 0 Å². The minimum Gasteiger partial charge on any atom is -0.494 e. The number of ether oxygens (including phenoxy) is 2. The van der Waals surface area contributed by atoms with Crippen LogP contribution in [0.2, 0.25) is 0 Å². The highest BCUT2D eigenvalue weighted by Crippen LogP contribution is 2.33. The van der Waals surface area contributed by atoms with Crippen molar-refractivity contribution in [2.45, 2.75) is 0 Å². The third-order valence-electron chi connectivity index (χ3n) is 3.04. The summed E-state index contributed by atoms with van der Waals surface area (Å²) in [6.07, 6.45) is 4.00. The highest BCUT2D eigenvalue weighted by molar-refractivity contribution is 9.10. The first kappa shape index (κ1) is 13.8. The fraction of sp³-hybridized carbons (Fsp3) is 0.125. The van der Waals surface area contributed by atoms with Gasteiger partial charge in [-0.2, -0.15) is 5.11 Å². The van der Waals surface area contributed by atoms with Gasteiger partial charge < -0.3 is 9.47 Å². The highest BCUT2D eigenvalue weighted by atomic mass is 79.9. The summed E-state index contributed by atoms with van der Waals surface area (Å²) in [6.45, 7) is 0.615. The van der Waals surface area contributed by atoms with Gasteiger partial charge in [-0.15, -0.1) is 5.11 Å². The Bertz CT molecular complexity index is 726. The third-order valence-corrected chi connectivity index (χ3v) is 3.53. The summed E-state index contributed by atoms with van der Waals surface area (Å²) in [5.41, 5.74) is 2.47. The predicted molar refractivity (Wildman–Crippen MR) is 85.8 cm³/mol. The fourth-order valence-electron chi connectivity index (χ4n) is 2.02. The summed E-state index contributed by atoms with van der Waals surface area (Å²) in [6, 6.07) is 11.4.